The highest BCUT2D eigenvalue weighted by atomic mass is 32.1. The van der Waals surface area contributed by atoms with Crippen LogP contribution in [0.25, 0.3) is 11.0 Å². The molecule has 0 spiro atoms. The van der Waals surface area contributed by atoms with E-state index in [0.717, 1.165) is 16.3 Å². The van der Waals surface area contributed by atoms with Crippen molar-refractivity contribution in [1.29, 1.82) is 0 Å². The summed E-state index contributed by atoms with van der Waals surface area (Å²) in [6.45, 7) is 1.88. The molecule has 0 aliphatic rings. The highest BCUT2D eigenvalue weighted by molar-refractivity contribution is 7.15. The van der Waals surface area contributed by atoms with Crippen LogP contribution in [0.5, 0.6) is 0 Å². The topological polar surface area (TPSA) is 51.4 Å². The predicted molar refractivity (Wildman–Crippen MR) is 107 cm³/mol. The average molecular weight is 372 g/mol. The summed E-state index contributed by atoms with van der Waals surface area (Å²) in [7, 11) is 0. The molecule has 132 valence electrons. The number of carbonyl (C=O) groups excluding carboxylic acids is 2. The molecule has 5 heteroatoms. The van der Waals surface area contributed by atoms with Gasteiger partial charge in [-0.2, -0.15) is 0 Å². The Kier molecular flexibility index (Phi) is 4.52. The van der Waals surface area contributed by atoms with E-state index in [0.29, 0.717) is 11.1 Å². The maximum atomic E-state index is 13.2. The normalized spacial score (nSPS) is 10.7. The Balaban J connectivity index is 1.88. The number of hydrogen-bond acceptors (Lipinski definition) is 4. The fourth-order valence-corrected chi connectivity index (χ4v) is 3.71. The van der Waals surface area contributed by atoms with Crippen LogP contribution < -0.4 is 0 Å². The van der Waals surface area contributed by atoms with E-state index in [1.54, 1.807) is 54.6 Å². The molecule has 27 heavy (non-hydrogen) atoms. The number of thiazole rings is 1. The van der Waals surface area contributed by atoms with Crippen LogP contribution in [0, 0.1) is 6.92 Å². The fourth-order valence-electron chi connectivity index (χ4n) is 2.95. The zero-order chi connectivity index (χ0) is 18.8. The number of fused-ring (bicyclic) bond motifs is 1. The van der Waals surface area contributed by atoms with Crippen LogP contribution in [0.4, 0.5) is 0 Å². The molecule has 0 aliphatic heterocycles. The van der Waals surface area contributed by atoms with Gasteiger partial charge in [-0.25, -0.2) is 4.98 Å². The van der Waals surface area contributed by atoms with Crippen LogP contribution in [0.1, 0.15) is 32.1 Å². The van der Waals surface area contributed by atoms with Gasteiger partial charge >= 0.3 is 0 Å². The Hall–Kier alpha value is -3.31. The standard InChI is InChI=1S/C22H16N2O2S/c1-15-19(24-12-13-27-22(24)23-15)14-18(20(25)16-8-4-2-5-9-16)21(26)17-10-6-3-7-11-17/h2-14H,1H3. The number of aryl methyl sites for hydroxylation is 1. The van der Waals surface area contributed by atoms with Crippen molar-refractivity contribution in [2.24, 2.45) is 0 Å². The molecule has 2 aromatic heterocycles. The summed E-state index contributed by atoms with van der Waals surface area (Å²) >= 11 is 1.51. The molecular weight excluding hydrogens is 356 g/mol. The van der Waals surface area contributed by atoms with Crippen molar-refractivity contribution in [1.82, 2.24) is 9.38 Å². The van der Waals surface area contributed by atoms with Gasteiger partial charge in [-0.05, 0) is 13.0 Å². The lowest BCUT2D eigenvalue weighted by atomic mass is 9.94. The van der Waals surface area contributed by atoms with Gasteiger partial charge in [-0.15, -0.1) is 11.3 Å². The van der Waals surface area contributed by atoms with Gasteiger partial charge in [0.15, 0.2) is 16.5 Å². The summed E-state index contributed by atoms with van der Waals surface area (Å²) in [4.78, 5) is 31.6. The first kappa shape index (κ1) is 17.1. The fraction of sp³-hybridized carbons (Fsp3) is 0.0455. The maximum Gasteiger partial charge on any atom is 0.197 e. The third-order valence-electron chi connectivity index (χ3n) is 4.33. The smallest absolute Gasteiger partial charge is 0.197 e. The van der Waals surface area contributed by atoms with E-state index in [9.17, 15) is 9.59 Å². The zero-order valence-corrected chi connectivity index (χ0v) is 15.4. The molecular formula is C22H16N2O2S. The zero-order valence-electron chi connectivity index (χ0n) is 14.6. The first-order valence-corrected chi connectivity index (χ1v) is 9.36. The second kappa shape index (κ2) is 7.13. The van der Waals surface area contributed by atoms with Crippen LogP contribution in [0.3, 0.4) is 0 Å². The number of carbonyl (C=O) groups is 2. The molecule has 0 unspecified atom stereocenters. The molecule has 4 nitrogen and oxygen atoms in total. The quantitative estimate of drug-likeness (QED) is 0.218. The van der Waals surface area contributed by atoms with Crippen LogP contribution in [-0.2, 0) is 0 Å². The first-order chi connectivity index (χ1) is 13.1. The van der Waals surface area contributed by atoms with Gasteiger partial charge in [0.1, 0.15) is 0 Å². The minimum atomic E-state index is -0.297. The molecule has 4 rings (SSSR count). The van der Waals surface area contributed by atoms with E-state index in [1.807, 2.05) is 35.0 Å². The van der Waals surface area contributed by atoms with Gasteiger partial charge < -0.3 is 0 Å². The van der Waals surface area contributed by atoms with Gasteiger partial charge in [-0.3, -0.25) is 14.0 Å². The average Bonchev–Trinajstić information content (AvgIpc) is 3.27. The van der Waals surface area contributed by atoms with Crippen molar-refractivity contribution in [3.63, 3.8) is 0 Å². The number of rotatable bonds is 5. The molecule has 0 radical (unpaired) electrons. The molecule has 0 fully saturated rings. The van der Waals surface area contributed by atoms with Gasteiger partial charge in [0.2, 0.25) is 0 Å². The summed E-state index contributed by atoms with van der Waals surface area (Å²) in [5.41, 5.74) is 2.62. The number of imidazole rings is 1. The SMILES string of the molecule is Cc1nc2sccn2c1C=C(C(=O)c1ccccc1)C(=O)c1ccccc1. The lowest BCUT2D eigenvalue weighted by Crippen LogP contribution is -2.14. The minimum Gasteiger partial charge on any atom is -0.291 e. The Morgan fingerprint density at radius 1 is 0.926 bits per heavy atom. The van der Waals surface area contributed by atoms with E-state index < -0.39 is 0 Å². The summed E-state index contributed by atoms with van der Waals surface area (Å²) in [6.07, 6.45) is 3.55. The molecule has 0 bridgehead atoms. The molecule has 0 saturated carbocycles. The van der Waals surface area contributed by atoms with Gasteiger partial charge in [-0.1, -0.05) is 60.7 Å². The van der Waals surface area contributed by atoms with Crippen molar-refractivity contribution in [3.05, 3.63) is 100 Å². The molecule has 2 aromatic carbocycles. The van der Waals surface area contributed by atoms with Crippen molar-refractivity contribution in [2.75, 3.05) is 0 Å². The third kappa shape index (κ3) is 3.25. The first-order valence-electron chi connectivity index (χ1n) is 8.48. The van der Waals surface area contributed by atoms with Crippen LogP contribution in [-0.4, -0.2) is 21.0 Å². The number of aromatic nitrogens is 2. The Morgan fingerprint density at radius 2 is 1.48 bits per heavy atom. The maximum absolute atomic E-state index is 13.2. The molecule has 0 N–H and O–H groups in total. The number of allylic oxidation sites excluding steroid dienone is 1. The third-order valence-corrected chi connectivity index (χ3v) is 5.08. The molecule has 0 amide bonds. The number of hydrogen-bond donors (Lipinski definition) is 0. The lowest BCUT2D eigenvalue weighted by molar-refractivity contribution is 0.0964. The Labute approximate surface area is 160 Å². The summed E-state index contributed by atoms with van der Waals surface area (Å²) in [5.74, 6) is -0.594. The molecule has 0 saturated heterocycles. The van der Waals surface area contributed by atoms with Crippen molar-refractivity contribution >= 4 is 33.9 Å². The van der Waals surface area contributed by atoms with E-state index >= 15 is 0 Å². The Morgan fingerprint density at radius 3 is 2.04 bits per heavy atom. The summed E-state index contributed by atoms with van der Waals surface area (Å²) < 4.78 is 1.90. The molecule has 2 heterocycles. The van der Waals surface area contributed by atoms with Gasteiger partial charge in [0.05, 0.1) is 17.0 Å². The second-order valence-corrected chi connectivity index (χ2v) is 6.96. The van der Waals surface area contributed by atoms with E-state index in [4.69, 9.17) is 0 Å². The highest BCUT2D eigenvalue weighted by Gasteiger charge is 2.22. The highest BCUT2D eigenvalue weighted by Crippen LogP contribution is 2.22. The van der Waals surface area contributed by atoms with E-state index in [2.05, 4.69) is 4.98 Å². The number of ketones is 2. The van der Waals surface area contributed by atoms with Crippen molar-refractivity contribution in [3.8, 4) is 0 Å². The van der Waals surface area contributed by atoms with Crippen molar-refractivity contribution < 1.29 is 9.59 Å². The lowest BCUT2D eigenvalue weighted by Gasteiger charge is -2.07. The minimum absolute atomic E-state index is 0.128. The summed E-state index contributed by atoms with van der Waals surface area (Å²) in [5, 5.41) is 1.93. The van der Waals surface area contributed by atoms with Crippen molar-refractivity contribution in [2.45, 2.75) is 6.92 Å². The van der Waals surface area contributed by atoms with E-state index in [-0.39, 0.29) is 17.1 Å². The number of nitrogens with zero attached hydrogens (tertiary/aromatic N) is 2. The monoisotopic (exact) mass is 372 g/mol. The predicted octanol–water partition coefficient (Wildman–Crippen LogP) is 4.85. The summed E-state index contributed by atoms with van der Waals surface area (Å²) in [6, 6.07) is 17.7. The van der Waals surface area contributed by atoms with E-state index in [1.165, 1.54) is 11.3 Å². The van der Waals surface area contributed by atoms with Crippen LogP contribution in [0.15, 0.2) is 77.8 Å². The van der Waals surface area contributed by atoms with Crippen LogP contribution >= 0.6 is 11.3 Å². The second-order valence-electron chi connectivity index (χ2n) is 6.09. The Bertz CT molecular complexity index is 1100. The van der Waals surface area contributed by atoms with Crippen LogP contribution in [0.2, 0.25) is 0 Å². The number of benzene rings is 2. The number of Topliss-reactive ketones (excluding diaryl/α,β-unsaturated/α-hetero) is 2. The molecule has 0 aliphatic carbocycles. The molecule has 4 aromatic rings. The van der Waals surface area contributed by atoms with Gasteiger partial charge in [0.25, 0.3) is 0 Å². The largest absolute Gasteiger partial charge is 0.291 e. The molecule has 0 atom stereocenters. The van der Waals surface area contributed by atoms with Gasteiger partial charge in [0, 0.05) is 22.7 Å².